The number of hydrogen-bond donors (Lipinski definition) is 2. The van der Waals surface area contributed by atoms with Crippen LogP contribution in [-0.2, 0) is 6.54 Å². The summed E-state index contributed by atoms with van der Waals surface area (Å²) in [6, 6.07) is 5.72. The standard InChI is InChI=1S/C9H10N4/c10-6-7-2-1-4-11-9(7)8-3-5-12-13-8/h1-5H,6,10H2,(H,12,13). The van der Waals surface area contributed by atoms with E-state index in [0.717, 1.165) is 17.0 Å². The maximum absolute atomic E-state index is 5.58. The zero-order valence-corrected chi connectivity index (χ0v) is 7.07. The first-order valence-electron chi connectivity index (χ1n) is 4.05. The number of nitrogens with two attached hydrogens (primary N) is 1. The molecule has 3 N–H and O–H groups in total. The molecule has 13 heavy (non-hydrogen) atoms. The van der Waals surface area contributed by atoms with Crippen LogP contribution in [0.1, 0.15) is 5.56 Å². The van der Waals surface area contributed by atoms with E-state index in [0.29, 0.717) is 6.54 Å². The van der Waals surface area contributed by atoms with Gasteiger partial charge in [0.25, 0.3) is 0 Å². The Morgan fingerprint density at radius 3 is 2.92 bits per heavy atom. The Balaban J connectivity index is 2.51. The van der Waals surface area contributed by atoms with E-state index in [4.69, 9.17) is 5.73 Å². The summed E-state index contributed by atoms with van der Waals surface area (Å²) in [5.74, 6) is 0. The number of rotatable bonds is 2. The fraction of sp³-hybridized carbons (Fsp3) is 0.111. The van der Waals surface area contributed by atoms with Gasteiger partial charge in [-0.2, -0.15) is 5.10 Å². The van der Waals surface area contributed by atoms with Gasteiger partial charge in [0.05, 0.1) is 11.4 Å². The van der Waals surface area contributed by atoms with Crippen molar-refractivity contribution in [3.8, 4) is 11.4 Å². The topological polar surface area (TPSA) is 67.6 Å². The Kier molecular flexibility index (Phi) is 2.06. The van der Waals surface area contributed by atoms with E-state index in [-0.39, 0.29) is 0 Å². The van der Waals surface area contributed by atoms with Gasteiger partial charge in [-0.1, -0.05) is 6.07 Å². The largest absolute Gasteiger partial charge is 0.326 e. The predicted molar refractivity (Wildman–Crippen MR) is 49.7 cm³/mol. The number of nitrogens with zero attached hydrogens (tertiary/aromatic N) is 2. The third kappa shape index (κ3) is 1.43. The molecule has 0 aromatic carbocycles. The Labute approximate surface area is 75.8 Å². The second-order valence-electron chi connectivity index (χ2n) is 2.69. The summed E-state index contributed by atoms with van der Waals surface area (Å²) in [6.07, 6.45) is 3.44. The van der Waals surface area contributed by atoms with Gasteiger partial charge in [-0.05, 0) is 17.7 Å². The zero-order valence-electron chi connectivity index (χ0n) is 7.07. The normalized spacial score (nSPS) is 10.2. The number of H-pyrrole nitrogens is 1. The Morgan fingerprint density at radius 2 is 2.23 bits per heavy atom. The molecule has 0 aliphatic carbocycles. The van der Waals surface area contributed by atoms with Crippen molar-refractivity contribution in [2.24, 2.45) is 5.73 Å². The van der Waals surface area contributed by atoms with Gasteiger partial charge in [0.2, 0.25) is 0 Å². The van der Waals surface area contributed by atoms with Crippen LogP contribution in [0.15, 0.2) is 30.6 Å². The van der Waals surface area contributed by atoms with Gasteiger partial charge in [-0.15, -0.1) is 0 Å². The van der Waals surface area contributed by atoms with E-state index < -0.39 is 0 Å². The van der Waals surface area contributed by atoms with Crippen molar-refractivity contribution in [2.45, 2.75) is 6.54 Å². The number of aromatic amines is 1. The summed E-state index contributed by atoms with van der Waals surface area (Å²) in [4.78, 5) is 4.24. The number of nitrogens with one attached hydrogen (secondary N) is 1. The van der Waals surface area contributed by atoms with Crippen LogP contribution in [0.4, 0.5) is 0 Å². The molecule has 0 aliphatic rings. The van der Waals surface area contributed by atoms with Crippen molar-refractivity contribution < 1.29 is 0 Å². The molecule has 0 saturated carbocycles. The lowest BCUT2D eigenvalue weighted by Gasteiger charge is -2.02. The van der Waals surface area contributed by atoms with Gasteiger partial charge in [-0.25, -0.2) is 0 Å². The van der Waals surface area contributed by atoms with Crippen molar-refractivity contribution in [2.75, 3.05) is 0 Å². The summed E-state index contributed by atoms with van der Waals surface area (Å²) in [5.41, 5.74) is 8.38. The summed E-state index contributed by atoms with van der Waals surface area (Å²) in [7, 11) is 0. The average molecular weight is 174 g/mol. The molecule has 0 aliphatic heterocycles. The summed E-state index contributed by atoms with van der Waals surface area (Å²) < 4.78 is 0. The fourth-order valence-electron chi connectivity index (χ4n) is 1.23. The second-order valence-corrected chi connectivity index (χ2v) is 2.69. The fourth-order valence-corrected chi connectivity index (χ4v) is 1.23. The van der Waals surface area contributed by atoms with Crippen LogP contribution in [0.3, 0.4) is 0 Å². The Hall–Kier alpha value is -1.68. The minimum absolute atomic E-state index is 0.488. The van der Waals surface area contributed by atoms with Crippen LogP contribution in [-0.4, -0.2) is 15.2 Å². The molecule has 66 valence electrons. The molecular weight excluding hydrogens is 164 g/mol. The van der Waals surface area contributed by atoms with Gasteiger partial charge in [0.15, 0.2) is 0 Å². The van der Waals surface area contributed by atoms with Crippen molar-refractivity contribution in [3.05, 3.63) is 36.2 Å². The van der Waals surface area contributed by atoms with Gasteiger partial charge < -0.3 is 5.73 Å². The van der Waals surface area contributed by atoms with Crippen LogP contribution in [0.2, 0.25) is 0 Å². The zero-order chi connectivity index (χ0) is 9.10. The van der Waals surface area contributed by atoms with E-state index >= 15 is 0 Å². The molecule has 2 aromatic heterocycles. The van der Waals surface area contributed by atoms with Crippen molar-refractivity contribution in [3.63, 3.8) is 0 Å². The lowest BCUT2D eigenvalue weighted by molar-refractivity contribution is 1.03. The van der Waals surface area contributed by atoms with Crippen LogP contribution in [0, 0.1) is 0 Å². The molecule has 0 bridgehead atoms. The highest BCUT2D eigenvalue weighted by Crippen LogP contribution is 2.17. The molecule has 0 radical (unpaired) electrons. The highest BCUT2D eigenvalue weighted by molar-refractivity contribution is 5.57. The highest BCUT2D eigenvalue weighted by Gasteiger charge is 2.04. The predicted octanol–water partition coefficient (Wildman–Crippen LogP) is 0.930. The van der Waals surface area contributed by atoms with Crippen LogP contribution >= 0.6 is 0 Å². The molecule has 4 nitrogen and oxygen atoms in total. The van der Waals surface area contributed by atoms with E-state index in [2.05, 4.69) is 15.2 Å². The van der Waals surface area contributed by atoms with E-state index in [1.165, 1.54) is 0 Å². The summed E-state index contributed by atoms with van der Waals surface area (Å²) >= 11 is 0. The van der Waals surface area contributed by atoms with Crippen molar-refractivity contribution in [1.82, 2.24) is 15.2 Å². The first-order chi connectivity index (χ1) is 6.42. The van der Waals surface area contributed by atoms with Gasteiger partial charge in [-0.3, -0.25) is 10.1 Å². The van der Waals surface area contributed by atoms with Crippen molar-refractivity contribution >= 4 is 0 Å². The molecule has 0 spiro atoms. The van der Waals surface area contributed by atoms with Gasteiger partial charge >= 0.3 is 0 Å². The molecular formula is C9H10N4. The number of aromatic nitrogens is 3. The minimum Gasteiger partial charge on any atom is -0.326 e. The summed E-state index contributed by atoms with van der Waals surface area (Å²) in [5, 5.41) is 6.73. The van der Waals surface area contributed by atoms with Gasteiger partial charge in [0.1, 0.15) is 0 Å². The Bertz CT molecular complexity index is 380. The van der Waals surface area contributed by atoms with E-state index in [1.807, 2.05) is 18.2 Å². The Morgan fingerprint density at radius 1 is 1.31 bits per heavy atom. The lowest BCUT2D eigenvalue weighted by Crippen LogP contribution is -2.00. The molecule has 2 heterocycles. The molecule has 2 rings (SSSR count). The first-order valence-corrected chi connectivity index (χ1v) is 4.05. The monoisotopic (exact) mass is 174 g/mol. The van der Waals surface area contributed by atoms with Crippen molar-refractivity contribution in [1.29, 1.82) is 0 Å². The smallest absolute Gasteiger partial charge is 0.0925 e. The minimum atomic E-state index is 0.488. The highest BCUT2D eigenvalue weighted by atomic mass is 15.1. The van der Waals surface area contributed by atoms with E-state index in [9.17, 15) is 0 Å². The second kappa shape index (κ2) is 3.37. The lowest BCUT2D eigenvalue weighted by atomic mass is 10.1. The molecule has 4 heteroatoms. The average Bonchev–Trinajstić information content (AvgIpc) is 2.70. The molecule has 0 atom stereocenters. The first kappa shape index (κ1) is 7.94. The molecule has 0 amide bonds. The van der Waals surface area contributed by atoms with Crippen LogP contribution < -0.4 is 5.73 Å². The number of hydrogen-bond acceptors (Lipinski definition) is 3. The quantitative estimate of drug-likeness (QED) is 0.711. The molecule has 2 aromatic rings. The molecule has 0 saturated heterocycles. The maximum Gasteiger partial charge on any atom is 0.0925 e. The molecule has 0 fully saturated rings. The van der Waals surface area contributed by atoms with E-state index in [1.54, 1.807) is 12.4 Å². The third-order valence-electron chi connectivity index (χ3n) is 1.87. The number of pyridine rings is 1. The third-order valence-corrected chi connectivity index (χ3v) is 1.87. The summed E-state index contributed by atoms with van der Waals surface area (Å²) in [6.45, 7) is 0.488. The maximum atomic E-state index is 5.58. The van der Waals surface area contributed by atoms with Crippen LogP contribution in [0.5, 0.6) is 0 Å². The van der Waals surface area contributed by atoms with Crippen LogP contribution in [0.25, 0.3) is 11.4 Å². The van der Waals surface area contributed by atoms with Gasteiger partial charge in [0, 0.05) is 18.9 Å². The molecule has 0 unspecified atom stereocenters. The SMILES string of the molecule is NCc1cccnc1-c1ccn[nH]1.